The fourth-order valence-corrected chi connectivity index (χ4v) is 2.44. The Kier molecular flexibility index (Phi) is 2.93. The lowest BCUT2D eigenvalue weighted by Crippen LogP contribution is -1.99. The molecule has 1 aliphatic carbocycles. The Morgan fingerprint density at radius 3 is 2.84 bits per heavy atom. The Bertz CT molecular complexity index is 599. The van der Waals surface area contributed by atoms with E-state index in [4.69, 9.17) is 10.5 Å². The van der Waals surface area contributed by atoms with Gasteiger partial charge in [0.15, 0.2) is 0 Å². The van der Waals surface area contributed by atoms with Crippen LogP contribution in [0.5, 0.6) is 5.75 Å². The van der Waals surface area contributed by atoms with Crippen LogP contribution in [-0.4, -0.2) is 16.7 Å². The van der Waals surface area contributed by atoms with E-state index in [1.807, 2.05) is 18.5 Å². The van der Waals surface area contributed by atoms with E-state index >= 15 is 0 Å². The Hall–Kier alpha value is -1.97. The number of aryl methyl sites for hydroxylation is 1. The lowest BCUT2D eigenvalue weighted by molar-refractivity contribution is 0.410. The van der Waals surface area contributed by atoms with Crippen LogP contribution in [0.25, 0.3) is 11.3 Å². The summed E-state index contributed by atoms with van der Waals surface area (Å²) >= 11 is 0. The van der Waals surface area contributed by atoms with Gasteiger partial charge < -0.3 is 15.0 Å². The van der Waals surface area contributed by atoms with Crippen molar-refractivity contribution in [2.75, 3.05) is 12.8 Å². The van der Waals surface area contributed by atoms with Crippen molar-refractivity contribution < 1.29 is 4.74 Å². The van der Waals surface area contributed by atoms with Crippen LogP contribution in [0, 0.1) is 0 Å². The molecule has 0 atom stereocenters. The number of rotatable bonds is 4. The number of nitrogen functional groups attached to an aromatic ring is 1. The fourth-order valence-electron chi connectivity index (χ4n) is 2.44. The molecular formula is C15H19N3O. The molecule has 1 aliphatic rings. The molecule has 2 aromatic rings. The van der Waals surface area contributed by atoms with Crippen molar-refractivity contribution in [1.29, 1.82) is 0 Å². The van der Waals surface area contributed by atoms with E-state index in [-0.39, 0.29) is 0 Å². The molecule has 100 valence electrons. The number of nitrogens with two attached hydrogens (primary N) is 1. The lowest BCUT2D eigenvalue weighted by atomic mass is 10.1. The van der Waals surface area contributed by atoms with Crippen molar-refractivity contribution in [1.82, 2.24) is 9.55 Å². The van der Waals surface area contributed by atoms with E-state index in [0.29, 0.717) is 6.04 Å². The molecule has 0 radical (unpaired) electrons. The number of methoxy groups -OCH3 is 1. The SMILES string of the molecule is CCc1cc(-c2ncn(C3CC3)c2N)ccc1OC. The van der Waals surface area contributed by atoms with Gasteiger partial charge >= 0.3 is 0 Å². The number of aromatic nitrogens is 2. The van der Waals surface area contributed by atoms with Crippen LogP contribution in [-0.2, 0) is 6.42 Å². The Morgan fingerprint density at radius 1 is 1.42 bits per heavy atom. The summed E-state index contributed by atoms with van der Waals surface area (Å²) in [6.07, 6.45) is 5.21. The predicted molar refractivity (Wildman–Crippen MR) is 76.3 cm³/mol. The minimum Gasteiger partial charge on any atom is -0.496 e. The highest BCUT2D eigenvalue weighted by molar-refractivity contribution is 5.72. The molecule has 0 amide bonds. The summed E-state index contributed by atoms with van der Waals surface area (Å²) < 4.78 is 7.44. The largest absolute Gasteiger partial charge is 0.496 e. The first-order valence-electron chi connectivity index (χ1n) is 6.74. The zero-order valence-electron chi connectivity index (χ0n) is 11.4. The van der Waals surface area contributed by atoms with Gasteiger partial charge in [0.1, 0.15) is 17.3 Å². The average molecular weight is 257 g/mol. The monoisotopic (exact) mass is 257 g/mol. The third-order valence-corrected chi connectivity index (χ3v) is 3.71. The molecule has 1 fully saturated rings. The van der Waals surface area contributed by atoms with Crippen LogP contribution in [0.15, 0.2) is 24.5 Å². The highest BCUT2D eigenvalue weighted by Gasteiger charge is 2.26. The maximum absolute atomic E-state index is 6.21. The Balaban J connectivity index is 2.01. The van der Waals surface area contributed by atoms with Gasteiger partial charge in [0.2, 0.25) is 0 Å². The van der Waals surface area contributed by atoms with Crippen molar-refractivity contribution in [2.45, 2.75) is 32.2 Å². The Morgan fingerprint density at radius 2 is 2.21 bits per heavy atom. The van der Waals surface area contributed by atoms with Crippen LogP contribution in [0.3, 0.4) is 0 Å². The molecule has 19 heavy (non-hydrogen) atoms. The van der Waals surface area contributed by atoms with Crippen molar-refractivity contribution in [3.63, 3.8) is 0 Å². The number of hydrogen-bond donors (Lipinski definition) is 1. The second-order valence-corrected chi connectivity index (χ2v) is 5.00. The van der Waals surface area contributed by atoms with Gasteiger partial charge in [0.05, 0.1) is 13.4 Å². The third kappa shape index (κ3) is 2.07. The summed E-state index contributed by atoms with van der Waals surface area (Å²) in [4.78, 5) is 4.48. The van der Waals surface area contributed by atoms with Gasteiger partial charge in [-0.15, -0.1) is 0 Å². The average Bonchev–Trinajstić information content (AvgIpc) is 3.21. The molecule has 4 nitrogen and oxygen atoms in total. The van der Waals surface area contributed by atoms with E-state index in [9.17, 15) is 0 Å². The van der Waals surface area contributed by atoms with Gasteiger partial charge in [-0.25, -0.2) is 4.98 Å². The maximum Gasteiger partial charge on any atom is 0.131 e. The molecule has 4 heteroatoms. The van der Waals surface area contributed by atoms with Gasteiger partial charge in [-0.1, -0.05) is 6.92 Å². The topological polar surface area (TPSA) is 53.1 Å². The van der Waals surface area contributed by atoms with E-state index < -0.39 is 0 Å². The Labute approximate surface area is 113 Å². The van der Waals surface area contributed by atoms with Crippen molar-refractivity contribution in [3.05, 3.63) is 30.1 Å². The molecule has 0 saturated heterocycles. The van der Waals surface area contributed by atoms with Crippen LogP contribution < -0.4 is 10.5 Å². The highest BCUT2D eigenvalue weighted by Crippen LogP contribution is 2.39. The second-order valence-electron chi connectivity index (χ2n) is 5.00. The quantitative estimate of drug-likeness (QED) is 0.916. The smallest absolute Gasteiger partial charge is 0.131 e. The second kappa shape index (κ2) is 4.61. The van der Waals surface area contributed by atoms with E-state index in [1.165, 1.54) is 18.4 Å². The molecule has 2 N–H and O–H groups in total. The molecule has 0 aliphatic heterocycles. The number of hydrogen-bond acceptors (Lipinski definition) is 3. The zero-order valence-corrected chi connectivity index (χ0v) is 11.4. The van der Waals surface area contributed by atoms with Gasteiger partial charge in [-0.3, -0.25) is 0 Å². The number of ether oxygens (including phenoxy) is 1. The van der Waals surface area contributed by atoms with Crippen molar-refractivity contribution in [3.8, 4) is 17.0 Å². The fraction of sp³-hybridized carbons (Fsp3) is 0.400. The zero-order chi connectivity index (χ0) is 13.4. The van der Waals surface area contributed by atoms with Gasteiger partial charge in [-0.05, 0) is 43.0 Å². The van der Waals surface area contributed by atoms with E-state index in [2.05, 4.69) is 22.5 Å². The summed E-state index contributed by atoms with van der Waals surface area (Å²) in [5, 5.41) is 0. The summed E-state index contributed by atoms with van der Waals surface area (Å²) in [5.74, 6) is 1.70. The molecule has 1 aromatic carbocycles. The number of anilines is 1. The number of nitrogens with zero attached hydrogens (tertiary/aromatic N) is 2. The van der Waals surface area contributed by atoms with Crippen LogP contribution >= 0.6 is 0 Å². The lowest BCUT2D eigenvalue weighted by Gasteiger charge is -2.09. The van der Waals surface area contributed by atoms with E-state index in [0.717, 1.165) is 29.2 Å². The summed E-state index contributed by atoms with van der Waals surface area (Å²) in [7, 11) is 1.70. The van der Waals surface area contributed by atoms with Gasteiger partial charge in [0, 0.05) is 11.6 Å². The minimum atomic E-state index is 0.560. The highest BCUT2D eigenvalue weighted by atomic mass is 16.5. The summed E-state index contributed by atoms with van der Waals surface area (Å²) in [6, 6.07) is 6.69. The number of imidazole rings is 1. The van der Waals surface area contributed by atoms with Crippen LogP contribution in [0.2, 0.25) is 0 Å². The molecule has 3 rings (SSSR count). The summed E-state index contributed by atoms with van der Waals surface area (Å²) in [5.41, 5.74) is 9.33. The molecular weight excluding hydrogens is 238 g/mol. The molecule has 0 bridgehead atoms. The van der Waals surface area contributed by atoms with E-state index in [1.54, 1.807) is 7.11 Å². The maximum atomic E-state index is 6.21. The summed E-state index contributed by atoms with van der Waals surface area (Å²) in [6.45, 7) is 2.12. The standard InChI is InChI=1S/C15H19N3O/c1-3-10-8-11(4-7-13(10)19-2)14-15(16)18(9-17-14)12-5-6-12/h4,7-9,12H,3,5-6,16H2,1-2H3. The van der Waals surface area contributed by atoms with Crippen LogP contribution in [0.4, 0.5) is 5.82 Å². The van der Waals surface area contributed by atoms with Gasteiger partial charge in [0.25, 0.3) is 0 Å². The molecule has 1 saturated carbocycles. The molecule has 0 spiro atoms. The predicted octanol–water partition coefficient (Wildman–Crippen LogP) is 3.04. The van der Waals surface area contributed by atoms with Crippen molar-refractivity contribution in [2.24, 2.45) is 0 Å². The molecule has 0 unspecified atom stereocenters. The van der Waals surface area contributed by atoms with Gasteiger partial charge in [-0.2, -0.15) is 0 Å². The van der Waals surface area contributed by atoms with Crippen LogP contribution in [0.1, 0.15) is 31.4 Å². The minimum absolute atomic E-state index is 0.560. The number of benzene rings is 1. The first-order valence-corrected chi connectivity index (χ1v) is 6.74. The van der Waals surface area contributed by atoms with Crippen molar-refractivity contribution >= 4 is 5.82 Å². The molecule has 1 aromatic heterocycles. The first kappa shape index (κ1) is 12.1. The molecule has 1 heterocycles. The normalized spacial score (nSPS) is 14.6. The first-order chi connectivity index (χ1) is 9.24. The third-order valence-electron chi connectivity index (χ3n) is 3.71.